The maximum atomic E-state index is 9.15. The van der Waals surface area contributed by atoms with Crippen molar-refractivity contribution in [2.75, 3.05) is 13.2 Å². The molecule has 1 aromatic carbocycles. The van der Waals surface area contributed by atoms with Crippen LogP contribution in [-0.2, 0) is 13.0 Å². The first-order valence-electron chi connectivity index (χ1n) is 6.17. The zero-order valence-corrected chi connectivity index (χ0v) is 10.3. The first-order valence-corrected chi connectivity index (χ1v) is 6.17. The molecule has 0 unspecified atom stereocenters. The largest absolute Gasteiger partial charge is 0.395 e. The predicted octanol–water partition coefficient (Wildman–Crippen LogP) is 1.83. The Balaban J connectivity index is 2.53. The second kappa shape index (κ2) is 5.34. The summed E-state index contributed by atoms with van der Waals surface area (Å²) in [4.78, 5) is 0. The summed E-state index contributed by atoms with van der Waals surface area (Å²) in [5.41, 5.74) is 9.44. The second-order valence-electron chi connectivity index (χ2n) is 4.35. The molecule has 0 aliphatic rings. The Morgan fingerprint density at radius 2 is 2.06 bits per heavy atom. The van der Waals surface area contributed by atoms with Gasteiger partial charge in [-0.3, -0.25) is 0 Å². The van der Waals surface area contributed by atoms with Gasteiger partial charge in [0.1, 0.15) is 0 Å². The number of benzene rings is 1. The summed E-state index contributed by atoms with van der Waals surface area (Å²) in [5.74, 6) is 0. The van der Waals surface area contributed by atoms with Crippen molar-refractivity contribution in [2.45, 2.75) is 26.3 Å². The number of aryl methyl sites for hydroxylation is 1. The molecule has 0 amide bonds. The van der Waals surface area contributed by atoms with Gasteiger partial charge in [0.15, 0.2) is 0 Å². The molecule has 3 heteroatoms. The van der Waals surface area contributed by atoms with Crippen molar-refractivity contribution in [3.8, 4) is 0 Å². The molecule has 0 bridgehead atoms. The van der Waals surface area contributed by atoms with E-state index < -0.39 is 0 Å². The van der Waals surface area contributed by atoms with Crippen LogP contribution in [-0.4, -0.2) is 22.8 Å². The summed E-state index contributed by atoms with van der Waals surface area (Å²) in [7, 11) is 0. The van der Waals surface area contributed by atoms with Gasteiger partial charge in [0.05, 0.1) is 6.61 Å². The Morgan fingerprint density at radius 1 is 1.29 bits per heavy atom. The smallest absolute Gasteiger partial charge is 0.0610 e. The molecule has 17 heavy (non-hydrogen) atoms. The highest BCUT2D eigenvalue weighted by molar-refractivity contribution is 5.85. The van der Waals surface area contributed by atoms with Gasteiger partial charge in [-0.1, -0.05) is 18.2 Å². The number of fused-ring (bicyclic) bond motifs is 1. The summed E-state index contributed by atoms with van der Waals surface area (Å²) in [6, 6.07) is 8.38. The molecule has 0 aliphatic carbocycles. The summed E-state index contributed by atoms with van der Waals surface area (Å²) < 4.78 is 2.20. The van der Waals surface area contributed by atoms with Crippen LogP contribution >= 0.6 is 0 Å². The van der Waals surface area contributed by atoms with Crippen LogP contribution in [0.25, 0.3) is 10.9 Å². The Hall–Kier alpha value is -1.32. The summed E-state index contributed by atoms with van der Waals surface area (Å²) in [5, 5.41) is 10.4. The summed E-state index contributed by atoms with van der Waals surface area (Å²) in [6.07, 6.45) is 2.02. The highest BCUT2D eigenvalue weighted by Gasteiger charge is 2.12. The van der Waals surface area contributed by atoms with Gasteiger partial charge in [0.2, 0.25) is 0 Å². The molecule has 92 valence electrons. The molecule has 2 rings (SSSR count). The van der Waals surface area contributed by atoms with E-state index in [4.69, 9.17) is 10.8 Å². The lowest BCUT2D eigenvalue weighted by Gasteiger charge is -2.06. The fourth-order valence-corrected chi connectivity index (χ4v) is 2.49. The maximum absolute atomic E-state index is 9.15. The fraction of sp³-hybridized carbons (Fsp3) is 0.429. The second-order valence-corrected chi connectivity index (χ2v) is 4.35. The van der Waals surface area contributed by atoms with Gasteiger partial charge in [-0.05, 0) is 37.9 Å². The molecule has 1 heterocycles. The molecule has 0 fully saturated rings. The van der Waals surface area contributed by atoms with Crippen LogP contribution in [0.2, 0.25) is 0 Å². The van der Waals surface area contributed by atoms with Crippen molar-refractivity contribution in [1.82, 2.24) is 4.57 Å². The average molecular weight is 232 g/mol. The first-order chi connectivity index (χ1) is 8.29. The fourth-order valence-electron chi connectivity index (χ4n) is 2.49. The molecule has 0 spiro atoms. The van der Waals surface area contributed by atoms with E-state index in [-0.39, 0.29) is 6.61 Å². The monoisotopic (exact) mass is 232 g/mol. The number of para-hydroxylation sites is 1. The number of nitrogens with two attached hydrogens (primary N) is 1. The normalized spacial score (nSPS) is 11.2. The minimum absolute atomic E-state index is 0.176. The third-order valence-corrected chi connectivity index (χ3v) is 3.32. The molecule has 0 radical (unpaired) electrons. The molecule has 0 atom stereocenters. The third-order valence-electron chi connectivity index (χ3n) is 3.32. The molecule has 0 saturated heterocycles. The Morgan fingerprint density at radius 3 is 2.76 bits per heavy atom. The van der Waals surface area contributed by atoms with E-state index in [0.717, 1.165) is 19.4 Å². The van der Waals surface area contributed by atoms with E-state index in [1.165, 1.54) is 22.2 Å². The van der Waals surface area contributed by atoms with E-state index in [0.29, 0.717) is 6.54 Å². The van der Waals surface area contributed by atoms with Gasteiger partial charge in [-0.25, -0.2) is 0 Å². The van der Waals surface area contributed by atoms with Crippen molar-refractivity contribution in [3.63, 3.8) is 0 Å². The number of aliphatic hydroxyl groups is 1. The number of hydrogen-bond acceptors (Lipinski definition) is 2. The minimum Gasteiger partial charge on any atom is -0.395 e. The highest BCUT2D eigenvalue weighted by atomic mass is 16.3. The Kier molecular flexibility index (Phi) is 3.82. The Labute approximate surface area is 102 Å². The van der Waals surface area contributed by atoms with Crippen molar-refractivity contribution in [2.24, 2.45) is 5.73 Å². The van der Waals surface area contributed by atoms with E-state index in [9.17, 15) is 0 Å². The molecule has 0 aliphatic heterocycles. The van der Waals surface area contributed by atoms with Gasteiger partial charge >= 0.3 is 0 Å². The van der Waals surface area contributed by atoms with Crippen LogP contribution in [0.3, 0.4) is 0 Å². The molecule has 2 aromatic rings. The lowest BCUT2D eigenvalue weighted by molar-refractivity contribution is 0.277. The van der Waals surface area contributed by atoms with Crippen molar-refractivity contribution >= 4 is 10.9 Å². The number of rotatable bonds is 5. The quantitative estimate of drug-likeness (QED) is 0.826. The van der Waals surface area contributed by atoms with Crippen LogP contribution in [0, 0.1) is 6.92 Å². The van der Waals surface area contributed by atoms with Gasteiger partial charge in [-0.15, -0.1) is 0 Å². The lowest BCUT2D eigenvalue weighted by Crippen LogP contribution is -2.05. The summed E-state index contributed by atoms with van der Waals surface area (Å²) >= 11 is 0. The molecule has 3 N–H and O–H groups in total. The minimum atomic E-state index is 0.176. The first kappa shape index (κ1) is 12.1. The van der Waals surface area contributed by atoms with Crippen molar-refractivity contribution in [1.29, 1.82) is 0 Å². The standard InChI is InChI=1S/C14H20N2O/c1-11-12(6-4-8-15)13-5-2-3-7-14(13)16(11)9-10-17/h2-3,5,7,17H,4,6,8-10,15H2,1H3. The van der Waals surface area contributed by atoms with Gasteiger partial charge in [-0.2, -0.15) is 0 Å². The Bertz CT molecular complexity index is 502. The predicted molar refractivity (Wildman–Crippen MR) is 71.1 cm³/mol. The van der Waals surface area contributed by atoms with Gasteiger partial charge in [0, 0.05) is 23.1 Å². The number of aromatic nitrogens is 1. The highest BCUT2D eigenvalue weighted by Crippen LogP contribution is 2.26. The SMILES string of the molecule is Cc1c(CCCN)c2ccccc2n1CCO. The molecular weight excluding hydrogens is 212 g/mol. The van der Waals surface area contributed by atoms with Crippen LogP contribution < -0.4 is 5.73 Å². The average Bonchev–Trinajstić information content (AvgIpc) is 2.61. The molecule has 0 saturated carbocycles. The van der Waals surface area contributed by atoms with Crippen LogP contribution in [0.15, 0.2) is 24.3 Å². The molecule has 1 aromatic heterocycles. The van der Waals surface area contributed by atoms with Crippen LogP contribution in [0.5, 0.6) is 0 Å². The number of nitrogens with zero attached hydrogens (tertiary/aromatic N) is 1. The van der Waals surface area contributed by atoms with Crippen LogP contribution in [0.4, 0.5) is 0 Å². The number of hydrogen-bond donors (Lipinski definition) is 2. The van der Waals surface area contributed by atoms with E-state index in [2.05, 4.69) is 29.7 Å². The van der Waals surface area contributed by atoms with Crippen molar-refractivity contribution in [3.05, 3.63) is 35.5 Å². The van der Waals surface area contributed by atoms with E-state index >= 15 is 0 Å². The van der Waals surface area contributed by atoms with E-state index in [1.807, 2.05) is 6.07 Å². The zero-order valence-electron chi connectivity index (χ0n) is 10.3. The topological polar surface area (TPSA) is 51.2 Å². The van der Waals surface area contributed by atoms with Crippen LogP contribution in [0.1, 0.15) is 17.7 Å². The van der Waals surface area contributed by atoms with Crippen molar-refractivity contribution < 1.29 is 5.11 Å². The number of aliphatic hydroxyl groups excluding tert-OH is 1. The maximum Gasteiger partial charge on any atom is 0.0610 e. The third kappa shape index (κ3) is 2.21. The summed E-state index contributed by atoms with van der Waals surface area (Å²) in [6.45, 7) is 3.69. The zero-order chi connectivity index (χ0) is 12.3. The van der Waals surface area contributed by atoms with E-state index in [1.54, 1.807) is 0 Å². The molecular formula is C14H20N2O. The molecule has 3 nitrogen and oxygen atoms in total. The van der Waals surface area contributed by atoms with Gasteiger partial charge < -0.3 is 15.4 Å². The lowest BCUT2D eigenvalue weighted by atomic mass is 10.1. The van der Waals surface area contributed by atoms with Gasteiger partial charge in [0.25, 0.3) is 0 Å².